The van der Waals surface area contributed by atoms with Crippen LogP contribution in [0, 0.1) is 5.92 Å². The monoisotopic (exact) mass is 211 g/mol. The molecule has 1 aromatic heterocycles. The van der Waals surface area contributed by atoms with Crippen LogP contribution in [0.3, 0.4) is 0 Å². The molecule has 1 aromatic rings. The molecule has 1 heterocycles. The lowest BCUT2D eigenvalue weighted by Gasteiger charge is -2.17. The molecule has 3 N–H and O–H groups in total. The van der Waals surface area contributed by atoms with Crippen molar-refractivity contribution >= 4 is 17.4 Å². The number of hydrogen-bond acceptors (Lipinski definition) is 3. The zero-order chi connectivity index (χ0) is 9.97. The van der Waals surface area contributed by atoms with Crippen LogP contribution in [0.15, 0.2) is 18.3 Å². The summed E-state index contributed by atoms with van der Waals surface area (Å²) in [5.74, 6) is 1.45. The van der Waals surface area contributed by atoms with Gasteiger partial charge in [-0.05, 0) is 30.9 Å². The predicted molar refractivity (Wildman–Crippen MR) is 58.4 cm³/mol. The molecule has 0 spiro atoms. The summed E-state index contributed by atoms with van der Waals surface area (Å²) in [6.45, 7) is 0.636. The van der Waals surface area contributed by atoms with E-state index < -0.39 is 0 Å². The molecule has 3 nitrogen and oxygen atoms in total. The van der Waals surface area contributed by atoms with E-state index in [-0.39, 0.29) is 0 Å². The van der Waals surface area contributed by atoms with Crippen molar-refractivity contribution in [3.8, 4) is 0 Å². The van der Waals surface area contributed by atoms with Crippen molar-refractivity contribution < 1.29 is 0 Å². The van der Waals surface area contributed by atoms with Crippen molar-refractivity contribution in [2.45, 2.75) is 18.9 Å². The highest BCUT2D eigenvalue weighted by atomic mass is 35.5. The van der Waals surface area contributed by atoms with Gasteiger partial charge in [0.05, 0.1) is 5.02 Å². The number of aromatic nitrogens is 1. The molecule has 76 valence electrons. The van der Waals surface area contributed by atoms with Crippen LogP contribution in [0.4, 0.5) is 5.82 Å². The number of rotatable bonds is 4. The van der Waals surface area contributed by atoms with Gasteiger partial charge >= 0.3 is 0 Å². The highest BCUT2D eigenvalue weighted by Gasteiger charge is 2.30. The predicted octanol–water partition coefficient (Wildman–Crippen LogP) is 1.88. The van der Waals surface area contributed by atoms with E-state index >= 15 is 0 Å². The summed E-state index contributed by atoms with van der Waals surface area (Å²) in [6, 6.07) is 3.97. The minimum absolute atomic E-state index is 0.322. The molecule has 1 unspecified atom stereocenters. The Morgan fingerprint density at radius 3 is 3.00 bits per heavy atom. The maximum atomic E-state index is 5.98. The fraction of sp³-hybridized carbons (Fsp3) is 0.500. The van der Waals surface area contributed by atoms with Crippen molar-refractivity contribution in [2.75, 3.05) is 11.9 Å². The average molecular weight is 212 g/mol. The molecule has 0 bridgehead atoms. The van der Waals surface area contributed by atoms with Gasteiger partial charge in [0.25, 0.3) is 0 Å². The number of pyridine rings is 1. The van der Waals surface area contributed by atoms with E-state index in [9.17, 15) is 0 Å². The molecule has 14 heavy (non-hydrogen) atoms. The van der Waals surface area contributed by atoms with E-state index in [4.69, 9.17) is 17.3 Å². The number of nitrogens with one attached hydrogen (secondary N) is 1. The number of nitrogens with zero attached hydrogens (tertiary/aromatic N) is 1. The maximum Gasteiger partial charge on any atom is 0.145 e. The lowest BCUT2D eigenvalue weighted by molar-refractivity contribution is 0.642. The van der Waals surface area contributed by atoms with Gasteiger partial charge in [0.15, 0.2) is 0 Å². The zero-order valence-corrected chi connectivity index (χ0v) is 8.67. The molecule has 0 aromatic carbocycles. The highest BCUT2D eigenvalue weighted by Crippen LogP contribution is 2.34. The summed E-state index contributed by atoms with van der Waals surface area (Å²) in [5.41, 5.74) is 5.68. The number of anilines is 1. The van der Waals surface area contributed by atoms with Gasteiger partial charge < -0.3 is 11.1 Å². The Bertz CT molecular complexity index is 312. The molecule has 1 aliphatic carbocycles. The molecule has 0 saturated heterocycles. The third-order valence-corrected chi connectivity index (χ3v) is 2.83. The number of hydrogen-bond donors (Lipinski definition) is 2. The van der Waals surface area contributed by atoms with Crippen molar-refractivity contribution in [3.63, 3.8) is 0 Å². The van der Waals surface area contributed by atoms with Gasteiger partial charge in [-0.25, -0.2) is 4.98 Å². The van der Waals surface area contributed by atoms with Gasteiger partial charge in [0.1, 0.15) is 5.82 Å². The Balaban J connectivity index is 2.04. The van der Waals surface area contributed by atoms with Crippen LogP contribution >= 0.6 is 11.6 Å². The number of nitrogens with two attached hydrogens (primary N) is 1. The summed E-state index contributed by atoms with van der Waals surface area (Å²) >= 11 is 5.98. The summed E-state index contributed by atoms with van der Waals surface area (Å²) in [5, 5.41) is 3.95. The number of halogens is 1. The van der Waals surface area contributed by atoms with E-state index in [2.05, 4.69) is 10.3 Å². The van der Waals surface area contributed by atoms with Crippen LogP contribution in [0.25, 0.3) is 0 Å². The molecule has 1 saturated carbocycles. The van der Waals surface area contributed by atoms with Crippen LogP contribution in [0.5, 0.6) is 0 Å². The molecule has 0 radical (unpaired) electrons. The molecular weight excluding hydrogens is 198 g/mol. The molecule has 0 amide bonds. The summed E-state index contributed by atoms with van der Waals surface area (Å²) < 4.78 is 0. The van der Waals surface area contributed by atoms with E-state index in [1.165, 1.54) is 12.8 Å². The van der Waals surface area contributed by atoms with E-state index in [0.717, 1.165) is 5.82 Å². The SMILES string of the molecule is NCC(Nc1ncccc1Cl)C1CC1. The van der Waals surface area contributed by atoms with Crippen LogP contribution < -0.4 is 11.1 Å². The van der Waals surface area contributed by atoms with Gasteiger partial charge in [-0.15, -0.1) is 0 Å². The molecule has 2 rings (SSSR count). The van der Waals surface area contributed by atoms with Gasteiger partial charge in [-0.3, -0.25) is 0 Å². The molecule has 4 heteroatoms. The molecule has 0 aliphatic heterocycles. The Kier molecular flexibility index (Phi) is 2.89. The third-order valence-electron chi connectivity index (χ3n) is 2.53. The second-order valence-corrected chi connectivity index (χ2v) is 4.06. The summed E-state index contributed by atoms with van der Waals surface area (Å²) in [7, 11) is 0. The van der Waals surface area contributed by atoms with Crippen molar-refractivity contribution in [1.29, 1.82) is 0 Å². The lowest BCUT2D eigenvalue weighted by Crippen LogP contribution is -2.31. The Morgan fingerprint density at radius 1 is 1.64 bits per heavy atom. The second kappa shape index (κ2) is 4.15. The fourth-order valence-corrected chi connectivity index (χ4v) is 1.71. The van der Waals surface area contributed by atoms with Gasteiger partial charge in [-0.1, -0.05) is 11.6 Å². The highest BCUT2D eigenvalue weighted by molar-refractivity contribution is 6.32. The first kappa shape index (κ1) is 9.74. The standard InChI is InChI=1S/C10H14ClN3/c11-8-2-1-5-13-10(8)14-9(6-12)7-3-4-7/h1-2,5,7,9H,3-4,6,12H2,(H,13,14). The average Bonchev–Trinajstić information content (AvgIpc) is 3.00. The summed E-state index contributed by atoms with van der Waals surface area (Å²) in [4.78, 5) is 4.18. The van der Waals surface area contributed by atoms with Crippen LogP contribution in [0.2, 0.25) is 5.02 Å². The van der Waals surface area contributed by atoms with Gasteiger partial charge in [0, 0.05) is 18.8 Å². The maximum absolute atomic E-state index is 5.98. The fourth-order valence-electron chi connectivity index (χ4n) is 1.54. The first-order valence-corrected chi connectivity index (χ1v) is 5.26. The Hall–Kier alpha value is -0.800. The topological polar surface area (TPSA) is 50.9 Å². The van der Waals surface area contributed by atoms with Crippen molar-refractivity contribution in [3.05, 3.63) is 23.4 Å². The normalized spacial score (nSPS) is 17.9. The molecule has 1 aliphatic rings. The Morgan fingerprint density at radius 2 is 2.43 bits per heavy atom. The van der Waals surface area contributed by atoms with E-state index in [0.29, 0.717) is 23.5 Å². The van der Waals surface area contributed by atoms with Crippen molar-refractivity contribution in [1.82, 2.24) is 4.98 Å². The van der Waals surface area contributed by atoms with Crippen LogP contribution in [-0.4, -0.2) is 17.6 Å². The van der Waals surface area contributed by atoms with Crippen LogP contribution in [0.1, 0.15) is 12.8 Å². The minimum Gasteiger partial charge on any atom is -0.365 e. The van der Waals surface area contributed by atoms with Gasteiger partial charge in [-0.2, -0.15) is 0 Å². The zero-order valence-electron chi connectivity index (χ0n) is 7.91. The molecule has 1 fully saturated rings. The third kappa shape index (κ3) is 2.16. The van der Waals surface area contributed by atoms with Crippen LogP contribution in [-0.2, 0) is 0 Å². The van der Waals surface area contributed by atoms with E-state index in [1.54, 1.807) is 6.20 Å². The van der Waals surface area contributed by atoms with Crippen molar-refractivity contribution in [2.24, 2.45) is 11.7 Å². The Labute approximate surface area is 88.7 Å². The smallest absolute Gasteiger partial charge is 0.145 e. The minimum atomic E-state index is 0.322. The quantitative estimate of drug-likeness (QED) is 0.800. The van der Waals surface area contributed by atoms with E-state index in [1.807, 2.05) is 12.1 Å². The first-order chi connectivity index (χ1) is 6.81. The lowest BCUT2D eigenvalue weighted by atomic mass is 10.2. The van der Waals surface area contributed by atoms with Gasteiger partial charge in [0.2, 0.25) is 0 Å². The summed E-state index contributed by atoms with van der Waals surface area (Å²) in [6.07, 6.45) is 4.26. The largest absolute Gasteiger partial charge is 0.365 e. The molecular formula is C10H14ClN3. The second-order valence-electron chi connectivity index (χ2n) is 3.66. The molecule has 1 atom stereocenters. The first-order valence-electron chi connectivity index (χ1n) is 4.88.